The molecule has 29 heavy (non-hydrogen) atoms. The molecule has 0 spiro atoms. The van der Waals surface area contributed by atoms with Crippen molar-refractivity contribution in [3.05, 3.63) is 47.4 Å². The lowest BCUT2D eigenvalue weighted by molar-refractivity contribution is 0.260. The fraction of sp³-hybridized carbons (Fsp3) is 0.500. The van der Waals surface area contributed by atoms with Crippen molar-refractivity contribution in [2.45, 2.75) is 26.3 Å². The second-order valence-electron chi connectivity index (χ2n) is 7.02. The first-order chi connectivity index (χ1) is 14.2. The Labute approximate surface area is 173 Å². The summed E-state index contributed by atoms with van der Waals surface area (Å²) in [6, 6.07) is 8.11. The molecule has 158 valence electrons. The van der Waals surface area contributed by atoms with Gasteiger partial charge >= 0.3 is 0 Å². The van der Waals surface area contributed by atoms with Gasteiger partial charge in [-0.05, 0) is 48.7 Å². The Morgan fingerprint density at radius 3 is 2.66 bits per heavy atom. The summed E-state index contributed by atoms with van der Waals surface area (Å²) in [5.41, 5.74) is 2.65. The maximum Gasteiger partial charge on any atom is 0.191 e. The van der Waals surface area contributed by atoms with Gasteiger partial charge in [-0.25, -0.2) is 0 Å². The largest absolute Gasteiger partial charge is 0.493 e. The van der Waals surface area contributed by atoms with E-state index < -0.39 is 0 Å². The Kier molecular flexibility index (Phi) is 7.81. The van der Waals surface area contributed by atoms with Gasteiger partial charge in [-0.2, -0.15) is 0 Å². The van der Waals surface area contributed by atoms with Gasteiger partial charge < -0.3 is 24.5 Å². The van der Waals surface area contributed by atoms with E-state index in [2.05, 4.69) is 34.6 Å². The van der Waals surface area contributed by atoms with Crippen molar-refractivity contribution in [1.29, 1.82) is 0 Å². The van der Waals surface area contributed by atoms with E-state index in [1.165, 1.54) is 11.1 Å². The third-order valence-electron chi connectivity index (χ3n) is 5.07. The van der Waals surface area contributed by atoms with Gasteiger partial charge in [0.25, 0.3) is 0 Å². The molecule has 0 saturated carbocycles. The number of aliphatic imine (C=N–C) groups is 1. The zero-order valence-corrected chi connectivity index (χ0v) is 17.7. The van der Waals surface area contributed by atoms with E-state index >= 15 is 0 Å². The number of methoxy groups -OCH3 is 2. The van der Waals surface area contributed by atoms with Crippen LogP contribution in [-0.2, 0) is 19.4 Å². The van der Waals surface area contributed by atoms with Gasteiger partial charge in [-0.1, -0.05) is 0 Å². The predicted octanol–water partition coefficient (Wildman–Crippen LogP) is 2.45. The molecule has 0 bridgehead atoms. The number of furan rings is 1. The van der Waals surface area contributed by atoms with Gasteiger partial charge in [0.15, 0.2) is 17.5 Å². The molecule has 1 aromatic carbocycles. The molecule has 0 saturated heterocycles. The Morgan fingerprint density at radius 1 is 1.17 bits per heavy atom. The first-order valence-electron chi connectivity index (χ1n) is 10.2. The van der Waals surface area contributed by atoms with Crippen LogP contribution in [0.2, 0.25) is 0 Å². The Bertz CT molecular complexity index is 790. The topological polar surface area (TPSA) is 71.3 Å². The van der Waals surface area contributed by atoms with Crippen LogP contribution in [0, 0.1) is 0 Å². The van der Waals surface area contributed by atoms with Crippen LogP contribution < -0.4 is 20.1 Å². The number of hydrogen-bond acceptors (Lipinski definition) is 5. The average Bonchev–Trinajstić information content (AvgIpc) is 3.26. The molecule has 0 radical (unpaired) electrons. The van der Waals surface area contributed by atoms with Crippen LogP contribution in [-0.4, -0.2) is 57.8 Å². The minimum atomic E-state index is 0.749. The van der Waals surface area contributed by atoms with Crippen LogP contribution in [0.1, 0.15) is 23.8 Å². The van der Waals surface area contributed by atoms with E-state index in [0.717, 1.165) is 75.3 Å². The highest BCUT2D eigenvalue weighted by molar-refractivity contribution is 5.79. The van der Waals surface area contributed by atoms with Gasteiger partial charge in [-0.3, -0.25) is 9.89 Å². The summed E-state index contributed by atoms with van der Waals surface area (Å²) in [5.74, 6) is 3.43. The number of ether oxygens (including phenoxy) is 2. The number of nitrogens with zero attached hydrogens (tertiary/aromatic N) is 2. The first-order valence-corrected chi connectivity index (χ1v) is 10.2. The van der Waals surface area contributed by atoms with Crippen LogP contribution >= 0.6 is 0 Å². The van der Waals surface area contributed by atoms with Crippen molar-refractivity contribution in [2.75, 3.05) is 46.9 Å². The molecule has 1 aromatic heterocycles. The van der Waals surface area contributed by atoms with Crippen molar-refractivity contribution in [2.24, 2.45) is 4.99 Å². The molecule has 0 fully saturated rings. The highest BCUT2D eigenvalue weighted by Gasteiger charge is 2.19. The van der Waals surface area contributed by atoms with Gasteiger partial charge in [0.2, 0.25) is 0 Å². The smallest absolute Gasteiger partial charge is 0.191 e. The molecular weight excluding hydrogens is 368 g/mol. The highest BCUT2D eigenvalue weighted by Crippen LogP contribution is 2.33. The molecule has 0 unspecified atom stereocenters. The third-order valence-corrected chi connectivity index (χ3v) is 5.07. The molecule has 1 aliphatic heterocycles. The zero-order chi connectivity index (χ0) is 20.5. The van der Waals surface area contributed by atoms with Gasteiger partial charge in [0, 0.05) is 39.1 Å². The van der Waals surface area contributed by atoms with Crippen molar-refractivity contribution in [3.8, 4) is 11.5 Å². The number of guanidine groups is 1. The van der Waals surface area contributed by atoms with E-state index in [1.807, 2.05) is 12.1 Å². The molecule has 1 aliphatic rings. The third kappa shape index (κ3) is 5.90. The minimum Gasteiger partial charge on any atom is -0.493 e. The van der Waals surface area contributed by atoms with Crippen LogP contribution in [0.25, 0.3) is 0 Å². The lowest BCUT2D eigenvalue weighted by Gasteiger charge is -2.29. The lowest BCUT2D eigenvalue weighted by Crippen LogP contribution is -2.39. The maximum atomic E-state index is 5.45. The fourth-order valence-electron chi connectivity index (χ4n) is 3.54. The summed E-state index contributed by atoms with van der Waals surface area (Å²) >= 11 is 0. The van der Waals surface area contributed by atoms with Crippen LogP contribution in [0.3, 0.4) is 0 Å². The summed E-state index contributed by atoms with van der Waals surface area (Å²) in [4.78, 5) is 7.16. The Balaban J connectivity index is 1.50. The SMILES string of the molecule is CCNC(=NCCN1CCc2cc(OC)c(OC)cc2C1)NCCc1ccco1. The van der Waals surface area contributed by atoms with E-state index in [4.69, 9.17) is 18.9 Å². The second-order valence-corrected chi connectivity index (χ2v) is 7.02. The molecule has 0 aliphatic carbocycles. The molecule has 0 amide bonds. The standard InChI is InChI=1S/C22H32N4O3/c1-4-23-22(24-9-7-19-6-5-13-29-19)25-10-12-26-11-8-17-14-20(27-2)21(28-3)15-18(17)16-26/h5-6,13-15H,4,7-12,16H2,1-3H3,(H2,23,24,25). The summed E-state index contributed by atoms with van der Waals surface area (Å²) in [5, 5.41) is 6.67. The van der Waals surface area contributed by atoms with Gasteiger partial charge in [-0.15, -0.1) is 0 Å². The van der Waals surface area contributed by atoms with Crippen molar-refractivity contribution in [1.82, 2.24) is 15.5 Å². The second kappa shape index (κ2) is 10.8. The number of nitrogens with one attached hydrogen (secondary N) is 2. The molecule has 7 heteroatoms. The summed E-state index contributed by atoms with van der Waals surface area (Å²) in [6.07, 6.45) is 3.56. The van der Waals surface area contributed by atoms with Crippen LogP contribution in [0.15, 0.2) is 39.9 Å². The molecule has 2 aromatic rings. The highest BCUT2D eigenvalue weighted by atomic mass is 16.5. The quantitative estimate of drug-likeness (QED) is 0.498. The number of fused-ring (bicyclic) bond motifs is 1. The molecule has 0 atom stereocenters. The van der Waals surface area contributed by atoms with Crippen molar-refractivity contribution in [3.63, 3.8) is 0 Å². The van der Waals surface area contributed by atoms with E-state index in [1.54, 1.807) is 20.5 Å². The number of hydrogen-bond donors (Lipinski definition) is 2. The monoisotopic (exact) mass is 400 g/mol. The maximum absolute atomic E-state index is 5.45. The first kappa shape index (κ1) is 21.0. The lowest BCUT2D eigenvalue weighted by atomic mass is 9.99. The average molecular weight is 401 g/mol. The van der Waals surface area contributed by atoms with Crippen LogP contribution in [0.4, 0.5) is 0 Å². The van der Waals surface area contributed by atoms with E-state index in [9.17, 15) is 0 Å². The predicted molar refractivity (Wildman–Crippen MR) is 115 cm³/mol. The van der Waals surface area contributed by atoms with Gasteiger partial charge in [0.05, 0.1) is 27.0 Å². The Morgan fingerprint density at radius 2 is 1.97 bits per heavy atom. The summed E-state index contributed by atoms with van der Waals surface area (Å²) in [6.45, 7) is 7.31. The summed E-state index contributed by atoms with van der Waals surface area (Å²) in [7, 11) is 3.36. The van der Waals surface area contributed by atoms with Crippen molar-refractivity contribution >= 4 is 5.96 Å². The summed E-state index contributed by atoms with van der Waals surface area (Å²) < 4.78 is 16.2. The molecule has 7 nitrogen and oxygen atoms in total. The zero-order valence-electron chi connectivity index (χ0n) is 17.7. The molecule has 2 N–H and O–H groups in total. The fourth-order valence-corrected chi connectivity index (χ4v) is 3.54. The van der Waals surface area contributed by atoms with Crippen molar-refractivity contribution < 1.29 is 13.9 Å². The molecule has 3 rings (SSSR count). The normalized spacial score (nSPS) is 14.4. The Hall–Kier alpha value is -2.67. The van der Waals surface area contributed by atoms with E-state index in [-0.39, 0.29) is 0 Å². The minimum absolute atomic E-state index is 0.749. The van der Waals surface area contributed by atoms with Gasteiger partial charge in [0.1, 0.15) is 5.76 Å². The number of benzene rings is 1. The van der Waals surface area contributed by atoms with Crippen LogP contribution in [0.5, 0.6) is 11.5 Å². The van der Waals surface area contributed by atoms with E-state index in [0.29, 0.717) is 0 Å². The molecule has 2 heterocycles. The number of rotatable bonds is 9. The molecular formula is C22H32N4O3.